The third-order valence-electron chi connectivity index (χ3n) is 5.71. The fraction of sp³-hybridized carbons (Fsp3) is 0.400. The SMILES string of the molecule is COc1ccc(CNC(=O)c2c(OCCCCN)ccc(-n3cnnc3)c2OCC2CC2)cc1F. The summed E-state index contributed by atoms with van der Waals surface area (Å²) in [4.78, 5) is 13.5. The highest BCUT2D eigenvalue weighted by atomic mass is 19.1. The molecule has 1 heterocycles. The first-order valence-corrected chi connectivity index (χ1v) is 11.7. The van der Waals surface area contributed by atoms with Crippen molar-refractivity contribution in [2.24, 2.45) is 11.7 Å². The van der Waals surface area contributed by atoms with Gasteiger partial charge in [-0.25, -0.2) is 4.39 Å². The van der Waals surface area contributed by atoms with E-state index in [1.54, 1.807) is 29.4 Å². The maximum absolute atomic E-state index is 14.1. The Balaban J connectivity index is 1.63. The first-order valence-electron chi connectivity index (χ1n) is 11.7. The molecule has 0 aliphatic heterocycles. The summed E-state index contributed by atoms with van der Waals surface area (Å²) in [6.07, 6.45) is 6.86. The van der Waals surface area contributed by atoms with E-state index in [9.17, 15) is 9.18 Å². The summed E-state index contributed by atoms with van der Waals surface area (Å²) >= 11 is 0. The summed E-state index contributed by atoms with van der Waals surface area (Å²) in [5.41, 5.74) is 7.09. The second kappa shape index (κ2) is 11.7. The maximum atomic E-state index is 14.1. The molecular formula is C25H30FN5O4. The molecule has 0 spiro atoms. The van der Waals surface area contributed by atoms with Gasteiger partial charge in [-0.15, -0.1) is 10.2 Å². The molecule has 9 nitrogen and oxygen atoms in total. The molecule has 0 atom stereocenters. The Morgan fingerprint density at radius 3 is 2.60 bits per heavy atom. The van der Waals surface area contributed by atoms with Gasteiger partial charge in [0, 0.05) is 6.54 Å². The van der Waals surface area contributed by atoms with Gasteiger partial charge in [0.1, 0.15) is 24.0 Å². The van der Waals surface area contributed by atoms with Gasteiger partial charge in [-0.3, -0.25) is 9.36 Å². The second-order valence-electron chi connectivity index (χ2n) is 8.41. The monoisotopic (exact) mass is 483 g/mol. The van der Waals surface area contributed by atoms with E-state index in [-0.39, 0.29) is 17.9 Å². The Bertz CT molecular complexity index is 1140. The van der Waals surface area contributed by atoms with E-state index in [1.807, 2.05) is 6.07 Å². The molecule has 1 aliphatic rings. The molecule has 10 heteroatoms. The summed E-state index contributed by atoms with van der Waals surface area (Å²) < 4.78 is 33.0. The van der Waals surface area contributed by atoms with Gasteiger partial charge in [-0.05, 0) is 68.0 Å². The maximum Gasteiger partial charge on any atom is 0.259 e. The largest absolute Gasteiger partial charge is 0.494 e. The Morgan fingerprint density at radius 1 is 1.14 bits per heavy atom. The summed E-state index contributed by atoms with van der Waals surface area (Å²) in [5.74, 6) is 0.526. The Labute approximate surface area is 203 Å². The number of halogens is 1. The number of carbonyl (C=O) groups excluding carboxylic acids is 1. The van der Waals surface area contributed by atoms with Crippen LogP contribution in [0.15, 0.2) is 43.0 Å². The molecular weight excluding hydrogens is 453 g/mol. The minimum atomic E-state index is -0.494. The summed E-state index contributed by atoms with van der Waals surface area (Å²) in [5, 5.41) is 10.6. The number of nitrogens with one attached hydrogen (secondary N) is 1. The third-order valence-corrected chi connectivity index (χ3v) is 5.71. The second-order valence-corrected chi connectivity index (χ2v) is 8.41. The Morgan fingerprint density at radius 2 is 1.91 bits per heavy atom. The zero-order valence-corrected chi connectivity index (χ0v) is 19.7. The van der Waals surface area contributed by atoms with Crippen LogP contribution in [0.1, 0.15) is 41.6 Å². The highest BCUT2D eigenvalue weighted by Gasteiger charge is 2.27. The molecule has 2 aromatic carbocycles. The van der Waals surface area contributed by atoms with E-state index in [4.69, 9.17) is 19.9 Å². The number of methoxy groups -OCH3 is 1. The van der Waals surface area contributed by atoms with Crippen molar-refractivity contribution >= 4 is 5.91 Å². The first kappa shape index (κ1) is 24.5. The van der Waals surface area contributed by atoms with Crippen LogP contribution in [0.2, 0.25) is 0 Å². The number of unbranched alkanes of at least 4 members (excludes halogenated alkanes) is 1. The predicted molar refractivity (Wildman–Crippen MR) is 127 cm³/mol. The average molecular weight is 484 g/mol. The molecule has 0 saturated heterocycles. The fourth-order valence-electron chi connectivity index (χ4n) is 3.57. The minimum Gasteiger partial charge on any atom is -0.494 e. The molecule has 35 heavy (non-hydrogen) atoms. The van der Waals surface area contributed by atoms with Crippen LogP contribution in [0.5, 0.6) is 17.2 Å². The minimum absolute atomic E-state index is 0.116. The van der Waals surface area contributed by atoms with Crippen molar-refractivity contribution in [2.75, 3.05) is 26.9 Å². The summed E-state index contributed by atoms with van der Waals surface area (Å²) in [7, 11) is 1.40. The molecule has 0 bridgehead atoms. The third kappa shape index (κ3) is 6.27. The van der Waals surface area contributed by atoms with Gasteiger partial charge in [0.2, 0.25) is 0 Å². The Kier molecular flexibility index (Phi) is 8.15. The topological polar surface area (TPSA) is 114 Å². The number of hydrogen-bond acceptors (Lipinski definition) is 7. The van der Waals surface area contributed by atoms with E-state index in [0.29, 0.717) is 48.4 Å². The van der Waals surface area contributed by atoms with Crippen LogP contribution < -0.4 is 25.3 Å². The van der Waals surface area contributed by atoms with E-state index in [1.165, 1.54) is 19.2 Å². The van der Waals surface area contributed by atoms with Crippen LogP contribution in [0.25, 0.3) is 5.69 Å². The van der Waals surface area contributed by atoms with Crippen molar-refractivity contribution in [1.29, 1.82) is 0 Å². The number of rotatable bonds is 13. The van der Waals surface area contributed by atoms with Crippen LogP contribution in [-0.4, -0.2) is 47.5 Å². The highest BCUT2D eigenvalue weighted by Crippen LogP contribution is 2.37. The zero-order valence-electron chi connectivity index (χ0n) is 19.7. The van der Waals surface area contributed by atoms with Crippen LogP contribution in [0, 0.1) is 11.7 Å². The number of nitrogens with two attached hydrogens (primary N) is 1. The lowest BCUT2D eigenvalue weighted by molar-refractivity contribution is 0.0941. The van der Waals surface area contributed by atoms with Gasteiger partial charge in [-0.1, -0.05) is 6.07 Å². The Hall–Kier alpha value is -3.66. The van der Waals surface area contributed by atoms with Crippen molar-refractivity contribution in [3.63, 3.8) is 0 Å². The summed E-state index contributed by atoms with van der Waals surface area (Å²) in [6, 6.07) is 8.12. The number of aromatic nitrogens is 3. The number of hydrogen-bond donors (Lipinski definition) is 2. The van der Waals surface area contributed by atoms with Gasteiger partial charge in [0.25, 0.3) is 5.91 Å². The van der Waals surface area contributed by atoms with Gasteiger partial charge in [0.15, 0.2) is 17.3 Å². The number of nitrogens with zero attached hydrogens (tertiary/aromatic N) is 3. The highest BCUT2D eigenvalue weighted by molar-refractivity contribution is 6.01. The lowest BCUT2D eigenvalue weighted by Crippen LogP contribution is -2.25. The van der Waals surface area contributed by atoms with Crippen LogP contribution >= 0.6 is 0 Å². The van der Waals surface area contributed by atoms with Gasteiger partial charge >= 0.3 is 0 Å². The van der Waals surface area contributed by atoms with Crippen LogP contribution in [-0.2, 0) is 6.54 Å². The molecule has 186 valence electrons. The van der Waals surface area contributed by atoms with Crippen molar-refractivity contribution in [3.8, 4) is 22.9 Å². The van der Waals surface area contributed by atoms with E-state index < -0.39 is 11.7 Å². The quantitative estimate of drug-likeness (QED) is 0.359. The van der Waals surface area contributed by atoms with Crippen molar-refractivity contribution in [1.82, 2.24) is 20.1 Å². The first-order chi connectivity index (χ1) is 17.1. The van der Waals surface area contributed by atoms with Crippen LogP contribution in [0.3, 0.4) is 0 Å². The molecule has 3 aromatic rings. The van der Waals surface area contributed by atoms with Crippen molar-refractivity contribution in [3.05, 3.63) is 59.9 Å². The van der Waals surface area contributed by atoms with Gasteiger partial charge in [-0.2, -0.15) is 0 Å². The molecule has 0 radical (unpaired) electrons. The molecule has 3 N–H and O–H groups in total. The molecule has 1 aromatic heterocycles. The molecule has 1 aliphatic carbocycles. The van der Waals surface area contributed by atoms with Crippen molar-refractivity contribution in [2.45, 2.75) is 32.2 Å². The lowest BCUT2D eigenvalue weighted by atomic mass is 10.1. The molecule has 1 amide bonds. The van der Waals surface area contributed by atoms with Crippen molar-refractivity contribution < 1.29 is 23.4 Å². The predicted octanol–water partition coefficient (Wildman–Crippen LogP) is 3.25. The van der Waals surface area contributed by atoms with Crippen LogP contribution in [0.4, 0.5) is 4.39 Å². The lowest BCUT2D eigenvalue weighted by Gasteiger charge is -2.19. The van der Waals surface area contributed by atoms with E-state index in [2.05, 4.69) is 15.5 Å². The number of carbonyl (C=O) groups is 1. The summed E-state index contributed by atoms with van der Waals surface area (Å²) in [6.45, 7) is 1.59. The molecule has 1 saturated carbocycles. The molecule has 1 fully saturated rings. The normalized spacial score (nSPS) is 12.9. The smallest absolute Gasteiger partial charge is 0.259 e. The van der Waals surface area contributed by atoms with E-state index >= 15 is 0 Å². The fourth-order valence-corrected chi connectivity index (χ4v) is 3.57. The number of benzene rings is 2. The zero-order chi connectivity index (χ0) is 24.6. The number of amides is 1. The van der Waals surface area contributed by atoms with Gasteiger partial charge in [0.05, 0.1) is 26.0 Å². The van der Waals surface area contributed by atoms with E-state index in [0.717, 1.165) is 25.7 Å². The molecule has 4 rings (SSSR count). The molecule has 0 unspecified atom stereocenters. The van der Waals surface area contributed by atoms with Gasteiger partial charge < -0.3 is 25.3 Å². The number of ether oxygens (including phenoxy) is 3. The standard InChI is InChI=1S/C25H30FN5O4/c1-33-21-8-6-18(12-19(21)26)13-28-25(32)23-22(34-11-3-2-10-27)9-7-20(31-15-29-30-16-31)24(23)35-14-17-4-5-17/h6-9,12,15-17H,2-5,10-11,13-14,27H2,1H3,(H,28,32). The average Bonchev–Trinajstić information content (AvgIpc) is 3.54.